The highest BCUT2D eigenvalue weighted by molar-refractivity contribution is 5.76. The Morgan fingerprint density at radius 1 is 1.05 bits per heavy atom. The number of piperidine rings is 1. The lowest BCUT2D eigenvalue weighted by molar-refractivity contribution is -0.132. The molecule has 2 fully saturated rings. The first-order chi connectivity index (χ1) is 9.79. The van der Waals surface area contributed by atoms with Gasteiger partial charge in [0.2, 0.25) is 5.91 Å². The van der Waals surface area contributed by atoms with E-state index in [1.54, 1.807) is 0 Å². The van der Waals surface area contributed by atoms with Crippen molar-refractivity contribution in [3.05, 3.63) is 0 Å². The third kappa shape index (κ3) is 5.08. The third-order valence-corrected chi connectivity index (χ3v) is 5.15. The molecule has 2 rings (SSSR count). The van der Waals surface area contributed by atoms with Gasteiger partial charge in [-0.3, -0.25) is 4.79 Å². The van der Waals surface area contributed by atoms with Crippen molar-refractivity contribution in [1.29, 1.82) is 0 Å². The zero-order valence-corrected chi connectivity index (χ0v) is 13.2. The van der Waals surface area contributed by atoms with Gasteiger partial charge in [0, 0.05) is 32.1 Å². The van der Waals surface area contributed by atoms with Crippen molar-refractivity contribution in [2.45, 2.75) is 77.2 Å². The van der Waals surface area contributed by atoms with E-state index >= 15 is 0 Å². The van der Waals surface area contributed by atoms with Crippen LogP contribution in [0.1, 0.15) is 71.1 Å². The zero-order chi connectivity index (χ0) is 14.2. The molecule has 1 N–H and O–H groups in total. The number of nitrogens with zero attached hydrogens (tertiary/aromatic N) is 1. The number of hydrogen-bond donors (Lipinski definition) is 1. The molecule has 20 heavy (non-hydrogen) atoms. The Morgan fingerprint density at radius 2 is 1.85 bits per heavy atom. The van der Waals surface area contributed by atoms with Crippen LogP contribution in [0.3, 0.4) is 0 Å². The summed E-state index contributed by atoms with van der Waals surface area (Å²) in [6.45, 7) is 5.16. The van der Waals surface area contributed by atoms with Gasteiger partial charge in [-0.2, -0.15) is 0 Å². The third-order valence-electron chi connectivity index (χ3n) is 5.15. The largest absolute Gasteiger partial charge is 0.343 e. The molecular weight excluding hydrogens is 248 g/mol. The maximum Gasteiger partial charge on any atom is 0.223 e. The second-order valence-electron chi connectivity index (χ2n) is 6.63. The van der Waals surface area contributed by atoms with Crippen molar-refractivity contribution in [2.75, 3.05) is 19.6 Å². The Hall–Kier alpha value is -0.570. The fourth-order valence-corrected chi connectivity index (χ4v) is 3.68. The van der Waals surface area contributed by atoms with E-state index < -0.39 is 0 Å². The molecule has 3 heteroatoms. The van der Waals surface area contributed by atoms with Gasteiger partial charge in [-0.1, -0.05) is 26.2 Å². The van der Waals surface area contributed by atoms with E-state index in [4.69, 9.17) is 0 Å². The maximum absolute atomic E-state index is 12.1. The van der Waals surface area contributed by atoms with E-state index in [0.717, 1.165) is 25.6 Å². The van der Waals surface area contributed by atoms with Gasteiger partial charge in [0.25, 0.3) is 0 Å². The number of amides is 1. The fourth-order valence-electron chi connectivity index (χ4n) is 3.68. The minimum Gasteiger partial charge on any atom is -0.343 e. The summed E-state index contributed by atoms with van der Waals surface area (Å²) < 4.78 is 0. The second kappa shape index (κ2) is 8.66. The lowest BCUT2D eigenvalue weighted by Gasteiger charge is -2.27. The van der Waals surface area contributed by atoms with Crippen LogP contribution in [0.15, 0.2) is 0 Å². The van der Waals surface area contributed by atoms with Crippen molar-refractivity contribution in [2.24, 2.45) is 5.92 Å². The molecule has 0 bridgehead atoms. The van der Waals surface area contributed by atoms with Gasteiger partial charge < -0.3 is 10.2 Å². The Kier molecular flexibility index (Phi) is 6.85. The van der Waals surface area contributed by atoms with Crippen LogP contribution < -0.4 is 5.32 Å². The molecular formula is C17H32N2O. The molecule has 1 aliphatic carbocycles. The monoisotopic (exact) mass is 280 g/mol. The Bertz CT molecular complexity index is 287. The zero-order valence-electron chi connectivity index (χ0n) is 13.2. The maximum atomic E-state index is 12.1. The summed E-state index contributed by atoms with van der Waals surface area (Å²) in [5.74, 6) is 1.30. The van der Waals surface area contributed by atoms with Crippen LogP contribution in [0.4, 0.5) is 0 Å². The van der Waals surface area contributed by atoms with E-state index in [9.17, 15) is 4.79 Å². The molecule has 0 aromatic heterocycles. The van der Waals surface area contributed by atoms with Gasteiger partial charge in [0.1, 0.15) is 0 Å². The van der Waals surface area contributed by atoms with Gasteiger partial charge >= 0.3 is 0 Å². The van der Waals surface area contributed by atoms with Crippen LogP contribution >= 0.6 is 0 Å². The highest BCUT2D eigenvalue weighted by Gasteiger charge is 2.19. The van der Waals surface area contributed by atoms with Gasteiger partial charge in [0.05, 0.1) is 0 Å². The summed E-state index contributed by atoms with van der Waals surface area (Å²) in [6, 6.07) is 0.653. The first-order valence-electron chi connectivity index (χ1n) is 8.80. The number of rotatable bonds is 5. The van der Waals surface area contributed by atoms with Crippen LogP contribution in [0.25, 0.3) is 0 Å². The summed E-state index contributed by atoms with van der Waals surface area (Å²) in [5, 5.41) is 3.63. The molecule has 1 heterocycles. The smallest absolute Gasteiger partial charge is 0.223 e. The first-order valence-corrected chi connectivity index (χ1v) is 8.80. The molecule has 2 aliphatic rings. The molecule has 1 aliphatic heterocycles. The normalized spacial score (nSPS) is 28.1. The van der Waals surface area contributed by atoms with Crippen molar-refractivity contribution in [3.63, 3.8) is 0 Å². The van der Waals surface area contributed by atoms with Crippen LogP contribution in [0, 0.1) is 5.92 Å². The molecule has 3 nitrogen and oxygen atoms in total. The van der Waals surface area contributed by atoms with Crippen LogP contribution in [0.5, 0.6) is 0 Å². The lowest BCUT2D eigenvalue weighted by Crippen LogP contribution is -2.38. The number of carbonyl (C=O) groups is 1. The highest BCUT2D eigenvalue weighted by atomic mass is 16.2. The van der Waals surface area contributed by atoms with Crippen LogP contribution in [-0.4, -0.2) is 36.5 Å². The molecule has 1 amide bonds. The van der Waals surface area contributed by atoms with Gasteiger partial charge in [0.15, 0.2) is 0 Å². The number of likely N-dealkylation sites (tertiary alicyclic amines) is 1. The van der Waals surface area contributed by atoms with E-state index in [1.165, 1.54) is 57.8 Å². The standard InChI is InChI=1S/C17H32N2O/c1-2-15-7-6-8-16(10-9-15)18-12-11-17(20)19-13-4-3-5-14-19/h15-16,18H,2-14H2,1H3. The second-order valence-corrected chi connectivity index (χ2v) is 6.63. The van der Waals surface area contributed by atoms with Crippen molar-refractivity contribution >= 4 is 5.91 Å². The number of hydrogen-bond acceptors (Lipinski definition) is 2. The summed E-state index contributed by atoms with van der Waals surface area (Å²) in [6.07, 6.45) is 12.4. The topological polar surface area (TPSA) is 32.3 Å². The lowest BCUT2D eigenvalue weighted by atomic mass is 9.98. The SMILES string of the molecule is CCC1CCCC(NCCC(=O)N2CCCCC2)CC1. The van der Waals surface area contributed by atoms with Gasteiger partial charge in [-0.05, 0) is 44.4 Å². The fraction of sp³-hybridized carbons (Fsp3) is 0.941. The molecule has 2 atom stereocenters. The Morgan fingerprint density at radius 3 is 2.60 bits per heavy atom. The Balaban J connectivity index is 1.61. The summed E-state index contributed by atoms with van der Waals surface area (Å²) >= 11 is 0. The minimum atomic E-state index is 0.359. The minimum absolute atomic E-state index is 0.359. The Labute approximate surface area is 124 Å². The van der Waals surface area contributed by atoms with E-state index in [1.807, 2.05) is 0 Å². The molecule has 2 unspecified atom stereocenters. The van der Waals surface area contributed by atoms with Crippen molar-refractivity contribution < 1.29 is 4.79 Å². The molecule has 0 spiro atoms. The quantitative estimate of drug-likeness (QED) is 0.783. The van der Waals surface area contributed by atoms with E-state index in [2.05, 4.69) is 17.1 Å². The van der Waals surface area contributed by atoms with Crippen LogP contribution in [-0.2, 0) is 4.79 Å². The molecule has 1 saturated carbocycles. The number of nitrogens with one attached hydrogen (secondary N) is 1. The van der Waals surface area contributed by atoms with E-state index in [0.29, 0.717) is 18.4 Å². The average Bonchev–Trinajstić information content (AvgIpc) is 2.73. The highest BCUT2D eigenvalue weighted by Crippen LogP contribution is 2.25. The van der Waals surface area contributed by atoms with Gasteiger partial charge in [-0.15, -0.1) is 0 Å². The van der Waals surface area contributed by atoms with E-state index in [-0.39, 0.29) is 0 Å². The molecule has 1 saturated heterocycles. The molecule has 0 radical (unpaired) electrons. The first kappa shape index (κ1) is 15.8. The molecule has 116 valence electrons. The number of carbonyl (C=O) groups excluding carboxylic acids is 1. The summed E-state index contributed by atoms with van der Waals surface area (Å²) in [5.41, 5.74) is 0. The van der Waals surface area contributed by atoms with Gasteiger partial charge in [-0.25, -0.2) is 0 Å². The van der Waals surface area contributed by atoms with Crippen molar-refractivity contribution in [3.8, 4) is 0 Å². The van der Waals surface area contributed by atoms with Crippen molar-refractivity contribution in [1.82, 2.24) is 10.2 Å². The molecule has 0 aromatic carbocycles. The molecule has 0 aromatic rings. The average molecular weight is 280 g/mol. The van der Waals surface area contributed by atoms with Crippen LogP contribution in [0.2, 0.25) is 0 Å². The predicted octanol–water partition coefficient (Wildman–Crippen LogP) is 3.34. The summed E-state index contributed by atoms with van der Waals surface area (Å²) in [4.78, 5) is 14.2. The summed E-state index contributed by atoms with van der Waals surface area (Å²) in [7, 11) is 0. The predicted molar refractivity (Wildman–Crippen MR) is 83.7 cm³/mol.